The van der Waals surface area contributed by atoms with E-state index in [0.717, 1.165) is 26.4 Å². The van der Waals surface area contributed by atoms with Gasteiger partial charge in [0.1, 0.15) is 0 Å². The highest BCUT2D eigenvalue weighted by Crippen LogP contribution is 2.45. The van der Waals surface area contributed by atoms with Crippen molar-refractivity contribution in [1.82, 2.24) is 0 Å². The summed E-state index contributed by atoms with van der Waals surface area (Å²) < 4.78 is 0.739. The highest BCUT2D eigenvalue weighted by Gasteiger charge is 2.51. The molecular weight excluding hydrogens is 478 g/mol. The van der Waals surface area contributed by atoms with Gasteiger partial charge in [-0.25, -0.2) is 0 Å². The zero-order valence-corrected chi connectivity index (χ0v) is 19.7. The Morgan fingerprint density at radius 2 is 1.73 bits per heavy atom. The molecule has 5 heteroatoms. The van der Waals surface area contributed by atoms with Crippen LogP contribution in [0.1, 0.15) is 33.5 Å². The molecule has 0 fully saturated rings. The predicted molar refractivity (Wildman–Crippen MR) is 133 cm³/mol. The van der Waals surface area contributed by atoms with E-state index in [2.05, 4.69) is 15.9 Å². The molecule has 1 atom stereocenters. The summed E-state index contributed by atoms with van der Waals surface area (Å²) in [4.78, 5) is 28.4. The van der Waals surface area contributed by atoms with Crippen molar-refractivity contribution in [1.29, 1.82) is 0 Å². The van der Waals surface area contributed by atoms with Gasteiger partial charge in [-0.1, -0.05) is 82.2 Å². The number of benzene rings is 4. The number of rotatable bonds is 5. The fourth-order valence-corrected chi connectivity index (χ4v) is 4.90. The van der Waals surface area contributed by atoms with Crippen LogP contribution in [0.3, 0.4) is 0 Å². The van der Waals surface area contributed by atoms with Crippen molar-refractivity contribution in [2.45, 2.75) is 25.5 Å². The second kappa shape index (κ2) is 8.25. The minimum Gasteiger partial charge on any atom is -0.375 e. The number of anilines is 1. The van der Waals surface area contributed by atoms with Gasteiger partial charge in [0.25, 0.3) is 5.91 Å². The van der Waals surface area contributed by atoms with Gasteiger partial charge in [0, 0.05) is 15.6 Å². The smallest absolute Gasteiger partial charge is 0.264 e. The number of halogens is 1. The fraction of sp³-hybridized carbons (Fsp3) is 0.143. The number of amides is 1. The maximum atomic E-state index is 13.6. The van der Waals surface area contributed by atoms with Crippen LogP contribution in [0.4, 0.5) is 5.69 Å². The van der Waals surface area contributed by atoms with Gasteiger partial charge in [-0.15, -0.1) is 0 Å². The van der Waals surface area contributed by atoms with Gasteiger partial charge in [-0.2, -0.15) is 0 Å². The van der Waals surface area contributed by atoms with E-state index >= 15 is 0 Å². The van der Waals surface area contributed by atoms with E-state index in [9.17, 15) is 14.7 Å². The monoisotopic (exact) mass is 499 g/mol. The van der Waals surface area contributed by atoms with Crippen LogP contribution in [0.2, 0.25) is 0 Å². The number of hydrogen-bond donors (Lipinski definition) is 1. The lowest BCUT2D eigenvalue weighted by atomic mass is 9.87. The van der Waals surface area contributed by atoms with Crippen molar-refractivity contribution in [2.24, 2.45) is 0 Å². The summed E-state index contributed by atoms with van der Waals surface area (Å²) >= 11 is 3.45. The zero-order chi connectivity index (χ0) is 23.2. The summed E-state index contributed by atoms with van der Waals surface area (Å²) in [7, 11) is 0. The lowest BCUT2D eigenvalue weighted by Gasteiger charge is -2.23. The van der Waals surface area contributed by atoms with Gasteiger partial charge >= 0.3 is 0 Å². The first-order valence-electron chi connectivity index (χ1n) is 10.8. The summed E-state index contributed by atoms with van der Waals surface area (Å²) in [5, 5.41) is 13.6. The average Bonchev–Trinajstić information content (AvgIpc) is 3.00. The summed E-state index contributed by atoms with van der Waals surface area (Å²) in [6, 6.07) is 26.5. The number of ketones is 1. The minimum absolute atomic E-state index is 0.278. The number of fused-ring (bicyclic) bond motifs is 2. The molecule has 1 unspecified atom stereocenters. The third kappa shape index (κ3) is 3.88. The lowest BCUT2D eigenvalue weighted by Crippen LogP contribution is -2.41. The molecular formula is C28H22BrNO3. The average molecular weight is 500 g/mol. The summed E-state index contributed by atoms with van der Waals surface area (Å²) in [5.74, 6) is -0.758. The third-order valence-corrected chi connectivity index (χ3v) is 6.70. The van der Waals surface area contributed by atoms with Crippen molar-refractivity contribution in [3.05, 3.63) is 112 Å². The Morgan fingerprint density at radius 3 is 2.52 bits per heavy atom. The number of aliphatic hydroxyl groups is 1. The van der Waals surface area contributed by atoms with Crippen molar-refractivity contribution < 1.29 is 14.7 Å². The van der Waals surface area contributed by atoms with Crippen LogP contribution < -0.4 is 4.90 Å². The molecule has 0 saturated heterocycles. The molecule has 1 amide bonds. The maximum absolute atomic E-state index is 13.6. The first-order chi connectivity index (χ1) is 15.8. The molecule has 1 aliphatic rings. The number of carbonyl (C=O) groups is 2. The normalized spacial score (nSPS) is 17.4. The SMILES string of the molecule is Cc1cccc(CN2C(=O)C(O)(CC(=O)c3ccc4ccccc4c3)c3cc(Br)ccc32)c1. The van der Waals surface area contributed by atoms with E-state index in [1.54, 1.807) is 17.0 Å². The molecule has 4 aromatic rings. The molecule has 0 spiro atoms. The van der Waals surface area contributed by atoms with Gasteiger partial charge in [0.2, 0.25) is 0 Å². The highest BCUT2D eigenvalue weighted by molar-refractivity contribution is 9.10. The highest BCUT2D eigenvalue weighted by atomic mass is 79.9. The van der Waals surface area contributed by atoms with Crippen LogP contribution in [-0.2, 0) is 16.9 Å². The number of aryl methyl sites for hydroxylation is 1. The number of nitrogens with zero attached hydrogens (tertiary/aromatic N) is 1. The molecule has 164 valence electrons. The van der Waals surface area contributed by atoms with Gasteiger partial charge in [-0.05, 0) is 47.5 Å². The van der Waals surface area contributed by atoms with E-state index in [0.29, 0.717) is 23.4 Å². The third-order valence-electron chi connectivity index (χ3n) is 6.20. The van der Waals surface area contributed by atoms with Crippen LogP contribution in [0.5, 0.6) is 0 Å². The van der Waals surface area contributed by atoms with Crippen molar-refractivity contribution in [3.63, 3.8) is 0 Å². The summed E-state index contributed by atoms with van der Waals surface area (Å²) in [5.41, 5.74) is 1.68. The van der Waals surface area contributed by atoms with E-state index in [1.165, 1.54) is 0 Å². The van der Waals surface area contributed by atoms with Crippen LogP contribution in [0, 0.1) is 6.92 Å². The predicted octanol–water partition coefficient (Wildman–Crippen LogP) is 5.92. The summed E-state index contributed by atoms with van der Waals surface area (Å²) in [6.07, 6.45) is -0.321. The van der Waals surface area contributed by atoms with Crippen molar-refractivity contribution in [3.8, 4) is 0 Å². The van der Waals surface area contributed by atoms with E-state index < -0.39 is 11.5 Å². The maximum Gasteiger partial charge on any atom is 0.264 e. The Morgan fingerprint density at radius 1 is 0.939 bits per heavy atom. The molecule has 4 aromatic carbocycles. The largest absolute Gasteiger partial charge is 0.375 e. The Kier molecular flexibility index (Phi) is 5.39. The van der Waals surface area contributed by atoms with Crippen LogP contribution in [0.25, 0.3) is 10.8 Å². The number of Topliss-reactive ketones (excluding diaryl/α,β-unsaturated/α-hetero) is 1. The Hall–Kier alpha value is -3.28. The molecule has 0 aromatic heterocycles. The number of hydrogen-bond acceptors (Lipinski definition) is 3. The van der Waals surface area contributed by atoms with Crippen LogP contribution >= 0.6 is 15.9 Å². The van der Waals surface area contributed by atoms with Gasteiger partial charge in [0.05, 0.1) is 18.7 Å². The van der Waals surface area contributed by atoms with Crippen molar-refractivity contribution in [2.75, 3.05) is 4.90 Å². The zero-order valence-electron chi connectivity index (χ0n) is 18.1. The molecule has 33 heavy (non-hydrogen) atoms. The van der Waals surface area contributed by atoms with Crippen molar-refractivity contribution >= 4 is 44.1 Å². The molecule has 4 nitrogen and oxygen atoms in total. The quantitative estimate of drug-likeness (QED) is 0.346. The Labute approximate surface area is 200 Å². The fourth-order valence-electron chi connectivity index (χ4n) is 4.54. The molecule has 0 bridgehead atoms. The Bertz CT molecular complexity index is 1410. The first-order valence-corrected chi connectivity index (χ1v) is 11.6. The second-order valence-corrected chi connectivity index (χ2v) is 9.48. The van der Waals surface area contributed by atoms with Crippen LogP contribution in [-0.4, -0.2) is 16.8 Å². The molecule has 0 radical (unpaired) electrons. The molecule has 5 rings (SSSR count). The van der Waals surface area contributed by atoms with E-state index in [4.69, 9.17) is 0 Å². The van der Waals surface area contributed by atoms with E-state index in [-0.39, 0.29) is 12.2 Å². The standard InChI is InChI=1S/C28H22BrNO3/c1-18-5-4-6-19(13-18)17-30-25-12-11-23(29)15-24(25)28(33,27(30)32)16-26(31)22-10-9-20-7-2-3-8-21(20)14-22/h2-15,33H,16-17H2,1H3. The van der Waals surface area contributed by atoms with Gasteiger partial charge < -0.3 is 10.0 Å². The number of carbonyl (C=O) groups excluding carboxylic acids is 2. The Balaban J connectivity index is 1.51. The first kappa shape index (κ1) is 21.6. The molecule has 0 saturated carbocycles. The molecule has 1 N–H and O–H groups in total. The molecule has 1 aliphatic heterocycles. The second-order valence-electron chi connectivity index (χ2n) is 8.56. The summed E-state index contributed by atoms with van der Waals surface area (Å²) in [6.45, 7) is 2.32. The molecule has 0 aliphatic carbocycles. The van der Waals surface area contributed by atoms with Gasteiger partial charge in [0.15, 0.2) is 11.4 Å². The van der Waals surface area contributed by atoms with E-state index in [1.807, 2.05) is 79.7 Å². The minimum atomic E-state index is -1.92. The van der Waals surface area contributed by atoms with Crippen LogP contribution in [0.15, 0.2) is 89.4 Å². The lowest BCUT2D eigenvalue weighted by molar-refractivity contribution is -0.136. The van der Waals surface area contributed by atoms with Gasteiger partial charge in [-0.3, -0.25) is 9.59 Å². The topological polar surface area (TPSA) is 57.6 Å². The molecule has 1 heterocycles.